The summed E-state index contributed by atoms with van der Waals surface area (Å²) in [5, 5.41) is 6.65. The van der Waals surface area contributed by atoms with Crippen LogP contribution in [0.5, 0.6) is 0 Å². The zero-order chi connectivity index (χ0) is 22.5. The maximum Gasteiger partial charge on any atom is 0.233 e. The molecule has 0 spiro atoms. The Labute approximate surface area is 186 Å². The van der Waals surface area contributed by atoms with Gasteiger partial charge < -0.3 is 10.6 Å². The van der Waals surface area contributed by atoms with Crippen LogP contribution in [0.2, 0.25) is 0 Å². The lowest BCUT2D eigenvalue weighted by atomic mass is 9.85. The van der Waals surface area contributed by atoms with Crippen molar-refractivity contribution < 1.29 is 9.59 Å². The molecule has 31 heavy (non-hydrogen) atoms. The van der Waals surface area contributed by atoms with Gasteiger partial charge in [-0.1, -0.05) is 38.2 Å². The molecule has 170 valence electrons. The molecule has 0 aromatic heterocycles. The van der Waals surface area contributed by atoms with Gasteiger partial charge in [-0.05, 0) is 24.2 Å². The highest BCUT2D eigenvalue weighted by molar-refractivity contribution is 6.06. The first-order valence-corrected chi connectivity index (χ1v) is 11.4. The summed E-state index contributed by atoms with van der Waals surface area (Å²) in [4.78, 5) is 33.7. The molecule has 3 aliphatic rings. The molecule has 2 aliphatic carbocycles. The maximum absolute atomic E-state index is 12.8. The zero-order valence-electron chi connectivity index (χ0n) is 19.1. The van der Waals surface area contributed by atoms with E-state index < -0.39 is 0 Å². The van der Waals surface area contributed by atoms with Gasteiger partial charge in [-0.2, -0.15) is 0 Å². The smallest absolute Gasteiger partial charge is 0.233 e. The second-order valence-corrected chi connectivity index (χ2v) is 9.05. The van der Waals surface area contributed by atoms with Gasteiger partial charge >= 0.3 is 0 Å². The predicted molar refractivity (Wildman–Crippen MR) is 124 cm³/mol. The Bertz CT molecular complexity index is 719. The number of nitrogens with one attached hydrogen (secondary N) is 2. The van der Waals surface area contributed by atoms with Crippen LogP contribution < -0.4 is 10.6 Å². The molecule has 2 N–H and O–H groups in total. The topological polar surface area (TPSA) is 77.0 Å². The fourth-order valence-electron chi connectivity index (χ4n) is 5.36. The van der Waals surface area contributed by atoms with Crippen molar-refractivity contribution in [1.82, 2.24) is 20.4 Å². The first-order valence-electron chi connectivity index (χ1n) is 11.4. The normalized spacial score (nSPS) is 27.9. The SMILES string of the molecule is C=CCN(CC=C)C(CNC(=NC)NCCN1C(=O)C2C3C=CC(C3)C2C1=O)C(C)C. The summed E-state index contributed by atoms with van der Waals surface area (Å²) < 4.78 is 0. The summed E-state index contributed by atoms with van der Waals surface area (Å²) in [5.41, 5.74) is 0. The molecule has 7 nitrogen and oxygen atoms in total. The van der Waals surface area contributed by atoms with Crippen LogP contribution >= 0.6 is 0 Å². The second-order valence-electron chi connectivity index (χ2n) is 9.05. The summed E-state index contributed by atoms with van der Waals surface area (Å²) in [5.74, 6) is 1.35. The Morgan fingerprint density at radius 1 is 1.16 bits per heavy atom. The number of imide groups is 1. The minimum atomic E-state index is -0.132. The molecular weight excluding hydrogens is 390 g/mol. The van der Waals surface area contributed by atoms with Crippen molar-refractivity contribution in [2.24, 2.45) is 34.6 Å². The number of carbonyl (C=O) groups is 2. The maximum atomic E-state index is 12.8. The Morgan fingerprint density at radius 2 is 1.74 bits per heavy atom. The van der Waals surface area contributed by atoms with Crippen LogP contribution in [0.15, 0.2) is 42.5 Å². The third-order valence-electron chi connectivity index (χ3n) is 6.86. The van der Waals surface area contributed by atoms with Crippen LogP contribution in [0.25, 0.3) is 0 Å². The fraction of sp³-hybridized carbons (Fsp3) is 0.625. The fourth-order valence-corrected chi connectivity index (χ4v) is 5.36. The lowest BCUT2D eigenvalue weighted by molar-refractivity contribution is -0.140. The number of amides is 2. The number of hydrogen-bond acceptors (Lipinski definition) is 4. The van der Waals surface area contributed by atoms with E-state index in [1.54, 1.807) is 7.05 Å². The largest absolute Gasteiger partial charge is 0.355 e. The molecule has 7 heteroatoms. The van der Waals surface area contributed by atoms with Gasteiger partial charge in [0.15, 0.2) is 5.96 Å². The molecule has 1 heterocycles. The molecule has 5 atom stereocenters. The molecule has 0 radical (unpaired) electrons. The van der Waals surface area contributed by atoms with E-state index >= 15 is 0 Å². The van der Waals surface area contributed by atoms with Gasteiger partial charge in [-0.15, -0.1) is 13.2 Å². The number of aliphatic imine (C=N–C) groups is 1. The third kappa shape index (κ3) is 4.76. The van der Waals surface area contributed by atoms with Gasteiger partial charge in [0.05, 0.1) is 11.8 Å². The van der Waals surface area contributed by atoms with Crippen molar-refractivity contribution in [3.63, 3.8) is 0 Å². The Kier molecular flexibility index (Phi) is 7.70. The molecule has 2 fully saturated rings. The van der Waals surface area contributed by atoms with E-state index in [-0.39, 0.29) is 35.5 Å². The van der Waals surface area contributed by atoms with Crippen molar-refractivity contribution in [2.45, 2.75) is 26.3 Å². The second kappa shape index (κ2) is 10.3. The van der Waals surface area contributed by atoms with E-state index in [0.29, 0.717) is 31.0 Å². The van der Waals surface area contributed by atoms with Crippen LogP contribution in [0.1, 0.15) is 20.3 Å². The Morgan fingerprint density at radius 3 is 2.23 bits per heavy atom. The average molecular weight is 428 g/mol. The summed E-state index contributed by atoms with van der Waals surface area (Å²) in [6, 6.07) is 0.290. The van der Waals surface area contributed by atoms with Crippen LogP contribution in [0.4, 0.5) is 0 Å². The lowest BCUT2D eigenvalue weighted by Gasteiger charge is -2.33. The summed E-state index contributed by atoms with van der Waals surface area (Å²) >= 11 is 0. The van der Waals surface area contributed by atoms with E-state index in [1.165, 1.54) is 4.90 Å². The number of carbonyl (C=O) groups excluding carboxylic acids is 2. The van der Waals surface area contributed by atoms with Gasteiger partial charge in [-0.3, -0.25) is 24.4 Å². The standard InChI is InChI=1S/C24H37N5O2/c1-6-11-28(12-7-2)19(16(3)4)15-27-24(25-5)26-10-13-29-22(30)20-17-8-9-18(14-17)21(20)23(29)31/h6-9,16-21H,1-2,10-15H2,3-5H3,(H2,25,26,27). The molecule has 5 unspecified atom stereocenters. The van der Waals surface area contributed by atoms with Crippen LogP contribution in [-0.2, 0) is 9.59 Å². The Hall–Kier alpha value is -2.41. The third-order valence-corrected chi connectivity index (χ3v) is 6.86. The number of rotatable bonds is 11. The van der Waals surface area contributed by atoms with E-state index in [9.17, 15) is 9.59 Å². The van der Waals surface area contributed by atoms with Crippen molar-refractivity contribution in [3.05, 3.63) is 37.5 Å². The Balaban J connectivity index is 1.49. The predicted octanol–water partition coefficient (Wildman–Crippen LogP) is 1.66. The first kappa shape index (κ1) is 23.3. The molecule has 0 aromatic rings. The summed E-state index contributed by atoms with van der Waals surface area (Å²) in [6.07, 6.45) is 9.02. The zero-order valence-corrected chi connectivity index (χ0v) is 19.1. The average Bonchev–Trinajstić information content (AvgIpc) is 3.42. The molecule has 1 saturated carbocycles. The quantitative estimate of drug-likeness (QED) is 0.227. The van der Waals surface area contributed by atoms with E-state index in [1.807, 2.05) is 12.2 Å². The molecule has 1 saturated heterocycles. The molecule has 1 aliphatic heterocycles. The van der Waals surface area contributed by atoms with E-state index in [0.717, 1.165) is 26.1 Å². The van der Waals surface area contributed by atoms with Gasteiger partial charge in [0, 0.05) is 45.8 Å². The van der Waals surface area contributed by atoms with Crippen LogP contribution in [0, 0.1) is 29.6 Å². The van der Waals surface area contributed by atoms with Crippen molar-refractivity contribution in [2.75, 3.05) is 39.8 Å². The summed E-state index contributed by atoms with van der Waals surface area (Å²) in [6.45, 7) is 15.3. The van der Waals surface area contributed by atoms with Gasteiger partial charge in [0.25, 0.3) is 0 Å². The number of nitrogens with zero attached hydrogens (tertiary/aromatic N) is 3. The van der Waals surface area contributed by atoms with Crippen LogP contribution in [0.3, 0.4) is 0 Å². The molecule has 2 bridgehead atoms. The van der Waals surface area contributed by atoms with Crippen molar-refractivity contribution in [3.8, 4) is 0 Å². The van der Waals surface area contributed by atoms with Crippen molar-refractivity contribution >= 4 is 17.8 Å². The molecule has 0 aromatic carbocycles. The number of guanidine groups is 1. The molecule has 3 rings (SSSR count). The van der Waals surface area contributed by atoms with Crippen LogP contribution in [-0.4, -0.2) is 73.4 Å². The summed E-state index contributed by atoms with van der Waals surface area (Å²) in [7, 11) is 1.73. The lowest BCUT2D eigenvalue weighted by Crippen LogP contribution is -2.50. The highest BCUT2D eigenvalue weighted by Crippen LogP contribution is 2.52. The number of allylic oxidation sites excluding steroid dienone is 2. The first-order chi connectivity index (χ1) is 14.9. The van der Waals surface area contributed by atoms with Gasteiger partial charge in [0.1, 0.15) is 0 Å². The molecular formula is C24H37N5O2. The minimum absolute atomic E-state index is 0.000889. The van der Waals surface area contributed by atoms with Crippen molar-refractivity contribution in [1.29, 1.82) is 0 Å². The van der Waals surface area contributed by atoms with Gasteiger partial charge in [0.2, 0.25) is 11.8 Å². The minimum Gasteiger partial charge on any atom is -0.355 e. The number of hydrogen-bond donors (Lipinski definition) is 2. The highest BCUT2D eigenvalue weighted by atomic mass is 16.2. The van der Waals surface area contributed by atoms with E-state index in [4.69, 9.17) is 0 Å². The molecule has 2 amide bonds. The van der Waals surface area contributed by atoms with Gasteiger partial charge in [-0.25, -0.2) is 0 Å². The number of fused-ring (bicyclic) bond motifs is 5. The number of likely N-dealkylation sites (tertiary alicyclic amines) is 1. The van der Waals surface area contributed by atoms with E-state index in [2.05, 4.69) is 59.7 Å². The highest BCUT2D eigenvalue weighted by Gasteiger charge is 2.58. The monoisotopic (exact) mass is 427 g/mol.